The van der Waals surface area contributed by atoms with Crippen LogP contribution < -0.4 is 10.1 Å². The topological polar surface area (TPSA) is 30.5 Å². The fraction of sp³-hybridized carbons (Fsp3) is 0.625. The molecule has 2 rings (SSSR count). The van der Waals surface area contributed by atoms with Gasteiger partial charge in [-0.05, 0) is 44.4 Å². The van der Waals surface area contributed by atoms with Gasteiger partial charge in [0, 0.05) is 23.7 Å². The Bertz CT molecular complexity index is 448. The van der Waals surface area contributed by atoms with Crippen LogP contribution in [0.25, 0.3) is 0 Å². The Morgan fingerprint density at radius 2 is 2.24 bits per heavy atom. The molecule has 1 aliphatic heterocycles. The molecule has 1 saturated heterocycles. The Kier molecular flexibility index (Phi) is 7.11. The van der Waals surface area contributed by atoms with E-state index in [1.54, 1.807) is 6.07 Å². The molecule has 1 fully saturated rings. The van der Waals surface area contributed by atoms with E-state index in [2.05, 4.69) is 12.2 Å². The molecule has 21 heavy (non-hydrogen) atoms. The van der Waals surface area contributed by atoms with Gasteiger partial charge in [0.1, 0.15) is 5.75 Å². The zero-order valence-electron chi connectivity index (χ0n) is 12.5. The van der Waals surface area contributed by atoms with E-state index >= 15 is 0 Å². The van der Waals surface area contributed by atoms with E-state index in [4.69, 9.17) is 32.7 Å². The largest absolute Gasteiger partial charge is 0.492 e. The minimum absolute atomic E-state index is 0.413. The van der Waals surface area contributed by atoms with Crippen molar-refractivity contribution < 1.29 is 9.47 Å². The van der Waals surface area contributed by atoms with Crippen molar-refractivity contribution in [1.82, 2.24) is 5.32 Å². The first kappa shape index (κ1) is 16.9. The highest BCUT2D eigenvalue weighted by Gasteiger charge is 2.15. The second-order valence-corrected chi connectivity index (χ2v) is 6.13. The lowest BCUT2D eigenvalue weighted by Gasteiger charge is -2.15. The minimum atomic E-state index is 0.413. The van der Waals surface area contributed by atoms with E-state index in [0.29, 0.717) is 29.3 Å². The second-order valence-electron chi connectivity index (χ2n) is 5.28. The van der Waals surface area contributed by atoms with Crippen LogP contribution in [0.2, 0.25) is 10.0 Å². The molecule has 0 amide bonds. The van der Waals surface area contributed by atoms with Gasteiger partial charge in [0.15, 0.2) is 0 Å². The lowest BCUT2D eigenvalue weighted by molar-refractivity contribution is 0.0981. The van der Waals surface area contributed by atoms with Crippen molar-refractivity contribution in [2.75, 3.05) is 19.8 Å². The van der Waals surface area contributed by atoms with Crippen LogP contribution in [-0.4, -0.2) is 25.9 Å². The molecular formula is C16H23Cl2NO2. The molecule has 1 atom stereocenters. The number of rotatable bonds is 8. The molecule has 118 valence electrons. The summed E-state index contributed by atoms with van der Waals surface area (Å²) in [7, 11) is 0. The number of halogens is 2. The number of benzene rings is 1. The van der Waals surface area contributed by atoms with Gasteiger partial charge in [0.2, 0.25) is 0 Å². The van der Waals surface area contributed by atoms with Crippen LogP contribution in [0, 0.1) is 0 Å². The molecule has 0 spiro atoms. The van der Waals surface area contributed by atoms with Crippen LogP contribution in [0.1, 0.15) is 38.2 Å². The molecular weight excluding hydrogens is 309 g/mol. The van der Waals surface area contributed by atoms with Gasteiger partial charge in [-0.15, -0.1) is 0 Å². The number of hydrogen-bond acceptors (Lipinski definition) is 3. The monoisotopic (exact) mass is 331 g/mol. The third-order valence-corrected chi connectivity index (χ3v) is 4.09. The van der Waals surface area contributed by atoms with Crippen molar-refractivity contribution in [2.45, 2.75) is 45.3 Å². The molecule has 1 heterocycles. The van der Waals surface area contributed by atoms with Gasteiger partial charge in [-0.2, -0.15) is 0 Å². The molecule has 3 nitrogen and oxygen atoms in total. The highest BCUT2D eigenvalue weighted by atomic mass is 35.5. The quantitative estimate of drug-likeness (QED) is 0.714. The summed E-state index contributed by atoms with van der Waals surface area (Å²) >= 11 is 12.3. The van der Waals surface area contributed by atoms with Crippen LogP contribution in [0.5, 0.6) is 5.75 Å². The van der Waals surface area contributed by atoms with Crippen LogP contribution >= 0.6 is 23.2 Å². The summed E-state index contributed by atoms with van der Waals surface area (Å²) in [6, 6.07) is 3.64. The van der Waals surface area contributed by atoms with Crippen LogP contribution in [-0.2, 0) is 11.3 Å². The molecule has 0 bridgehead atoms. The van der Waals surface area contributed by atoms with Crippen LogP contribution in [0.3, 0.4) is 0 Å². The number of nitrogens with one attached hydrogen (secondary N) is 1. The van der Waals surface area contributed by atoms with E-state index in [1.165, 1.54) is 12.8 Å². The molecule has 1 aliphatic rings. The zero-order chi connectivity index (χ0) is 15.1. The normalized spacial score (nSPS) is 18.1. The smallest absolute Gasteiger partial charge is 0.142 e. The summed E-state index contributed by atoms with van der Waals surface area (Å²) in [6.07, 6.45) is 4.79. The van der Waals surface area contributed by atoms with Gasteiger partial charge in [-0.1, -0.05) is 30.1 Å². The van der Waals surface area contributed by atoms with Gasteiger partial charge in [-0.25, -0.2) is 0 Å². The SMILES string of the molecule is CCNCc1cc(Cl)cc(Cl)c1OCCCC1CCCO1. The Labute approximate surface area is 136 Å². The first-order chi connectivity index (χ1) is 10.2. The van der Waals surface area contributed by atoms with E-state index in [-0.39, 0.29) is 0 Å². The van der Waals surface area contributed by atoms with Crippen LogP contribution in [0.4, 0.5) is 0 Å². The molecule has 0 saturated carbocycles. The minimum Gasteiger partial charge on any atom is -0.492 e. The highest BCUT2D eigenvalue weighted by Crippen LogP contribution is 2.32. The van der Waals surface area contributed by atoms with E-state index in [9.17, 15) is 0 Å². The van der Waals surface area contributed by atoms with Gasteiger partial charge in [0.05, 0.1) is 17.7 Å². The highest BCUT2D eigenvalue weighted by molar-refractivity contribution is 6.35. The molecule has 0 aliphatic carbocycles. The van der Waals surface area contributed by atoms with E-state index in [1.807, 2.05) is 6.07 Å². The van der Waals surface area contributed by atoms with Crippen molar-refractivity contribution in [3.8, 4) is 5.75 Å². The molecule has 1 N–H and O–H groups in total. The average molecular weight is 332 g/mol. The Morgan fingerprint density at radius 1 is 1.38 bits per heavy atom. The number of ether oxygens (including phenoxy) is 2. The second kappa shape index (κ2) is 8.84. The molecule has 5 heteroatoms. The average Bonchev–Trinajstić information content (AvgIpc) is 2.96. The lowest BCUT2D eigenvalue weighted by Crippen LogP contribution is -2.14. The van der Waals surface area contributed by atoms with Crippen molar-refractivity contribution in [1.29, 1.82) is 0 Å². The maximum absolute atomic E-state index is 6.26. The van der Waals surface area contributed by atoms with Crippen molar-refractivity contribution in [2.24, 2.45) is 0 Å². The maximum atomic E-state index is 6.26. The van der Waals surface area contributed by atoms with Gasteiger partial charge in [-0.3, -0.25) is 0 Å². The Morgan fingerprint density at radius 3 is 2.95 bits per heavy atom. The first-order valence-electron chi connectivity index (χ1n) is 7.63. The summed E-state index contributed by atoms with van der Waals surface area (Å²) < 4.78 is 11.5. The molecule has 1 unspecified atom stereocenters. The van der Waals surface area contributed by atoms with Crippen molar-refractivity contribution >= 4 is 23.2 Å². The van der Waals surface area contributed by atoms with Crippen LogP contribution in [0.15, 0.2) is 12.1 Å². The van der Waals surface area contributed by atoms with Crippen molar-refractivity contribution in [3.05, 3.63) is 27.7 Å². The fourth-order valence-electron chi connectivity index (χ4n) is 2.52. The van der Waals surface area contributed by atoms with Gasteiger partial charge >= 0.3 is 0 Å². The fourth-order valence-corrected chi connectivity index (χ4v) is 3.11. The van der Waals surface area contributed by atoms with E-state index < -0.39 is 0 Å². The summed E-state index contributed by atoms with van der Waals surface area (Å²) in [5.74, 6) is 0.745. The maximum Gasteiger partial charge on any atom is 0.142 e. The Hall–Kier alpha value is -0.480. The number of hydrogen-bond donors (Lipinski definition) is 1. The molecule has 1 aromatic rings. The van der Waals surface area contributed by atoms with E-state index in [0.717, 1.165) is 37.3 Å². The van der Waals surface area contributed by atoms with Crippen molar-refractivity contribution in [3.63, 3.8) is 0 Å². The Balaban J connectivity index is 1.87. The lowest BCUT2D eigenvalue weighted by atomic mass is 10.1. The summed E-state index contributed by atoms with van der Waals surface area (Å²) in [5, 5.41) is 4.49. The molecule has 0 aromatic heterocycles. The molecule has 0 radical (unpaired) electrons. The summed E-state index contributed by atoms with van der Waals surface area (Å²) in [6.45, 7) is 5.22. The first-order valence-corrected chi connectivity index (χ1v) is 8.39. The predicted octanol–water partition coefficient (Wildman–Crippen LogP) is 4.44. The molecule has 1 aromatic carbocycles. The van der Waals surface area contributed by atoms with Gasteiger partial charge < -0.3 is 14.8 Å². The predicted molar refractivity (Wildman–Crippen MR) is 87.5 cm³/mol. The third kappa shape index (κ3) is 5.33. The standard InChI is InChI=1S/C16H23Cl2NO2/c1-2-19-11-12-9-13(17)10-15(18)16(12)21-8-4-6-14-5-3-7-20-14/h9-10,14,19H,2-8,11H2,1H3. The summed E-state index contributed by atoms with van der Waals surface area (Å²) in [4.78, 5) is 0. The summed E-state index contributed by atoms with van der Waals surface area (Å²) in [5.41, 5.74) is 1.01. The third-order valence-electron chi connectivity index (χ3n) is 3.59. The van der Waals surface area contributed by atoms with Gasteiger partial charge in [0.25, 0.3) is 0 Å². The zero-order valence-corrected chi connectivity index (χ0v) is 14.0.